The van der Waals surface area contributed by atoms with Crippen LogP contribution in [0.4, 0.5) is 0 Å². The van der Waals surface area contributed by atoms with E-state index in [0.717, 1.165) is 17.7 Å². The van der Waals surface area contributed by atoms with Gasteiger partial charge in [-0.25, -0.2) is 4.68 Å². The van der Waals surface area contributed by atoms with Crippen molar-refractivity contribution in [1.29, 1.82) is 0 Å². The minimum atomic E-state index is -0.277. The van der Waals surface area contributed by atoms with Crippen molar-refractivity contribution in [3.8, 4) is 5.69 Å². The Hall–Kier alpha value is -2.34. The van der Waals surface area contributed by atoms with E-state index in [1.165, 1.54) is 0 Å². The Morgan fingerprint density at radius 3 is 2.86 bits per heavy atom. The summed E-state index contributed by atoms with van der Waals surface area (Å²) in [6.45, 7) is 0. The van der Waals surface area contributed by atoms with Crippen molar-refractivity contribution < 1.29 is 4.79 Å². The lowest BCUT2D eigenvalue weighted by atomic mass is 10.1. The predicted octanol–water partition coefficient (Wildman–Crippen LogP) is 1.43. The highest BCUT2D eigenvalue weighted by Gasteiger charge is 2.44. The van der Waals surface area contributed by atoms with E-state index in [4.69, 9.17) is 23.1 Å². The number of halogens is 1. The molecule has 1 aliphatic rings. The zero-order valence-corrected chi connectivity index (χ0v) is 11.9. The third-order valence-electron chi connectivity index (χ3n) is 3.45. The lowest BCUT2D eigenvalue weighted by Crippen LogP contribution is -2.24. The second-order valence-corrected chi connectivity index (χ2v) is 5.45. The molecule has 0 spiro atoms. The topological polar surface area (TPSA) is 99.3 Å². The standard InChI is InChI=1S/C14H14ClN5O/c15-9-4-8(5-10(6-9)20-3-1-2-18-20)11-7-12(11)13(21)19-14(16)17/h1-6,11-12H,7H2,(H4,16,17,19,21). The van der Waals surface area contributed by atoms with Gasteiger partial charge in [0.1, 0.15) is 0 Å². The summed E-state index contributed by atoms with van der Waals surface area (Å²) in [6.07, 6.45) is 4.27. The van der Waals surface area contributed by atoms with Gasteiger partial charge in [-0.1, -0.05) is 11.6 Å². The van der Waals surface area contributed by atoms with Crippen molar-refractivity contribution in [1.82, 2.24) is 9.78 Å². The van der Waals surface area contributed by atoms with E-state index in [2.05, 4.69) is 10.1 Å². The molecule has 6 nitrogen and oxygen atoms in total. The number of benzene rings is 1. The molecule has 0 radical (unpaired) electrons. The van der Waals surface area contributed by atoms with Gasteiger partial charge in [0.2, 0.25) is 0 Å². The molecule has 2 unspecified atom stereocenters. The third kappa shape index (κ3) is 2.90. The Morgan fingerprint density at radius 1 is 1.38 bits per heavy atom. The number of amides is 1. The normalized spacial score (nSPS) is 20.0. The van der Waals surface area contributed by atoms with Gasteiger partial charge in [0, 0.05) is 23.3 Å². The zero-order chi connectivity index (χ0) is 15.0. The summed E-state index contributed by atoms with van der Waals surface area (Å²) in [5.74, 6) is -0.542. The summed E-state index contributed by atoms with van der Waals surface area (Å²) in [5, 5.41) is 4.79. The summed E-state index contributed by atoms with van der Waals surface area (Å²) >= 11 is 6.16. The first-order valence-electron chi connectivity index (χ1n) is 6.48. The van der Waals surface area contributed by atoms with Crippen molar-refractivity contribution in [2.45, 2.75) is 12.3 Å². The largest absolute Gasteiger partial charge is 0.370 e. The maximum atomic E-state index is 11.8. The summed E-state index contributed by atoms with van der Waals surface area (Å²) < 4.78 is 1.73. The molecule has 1 amide bonds. The van der Waals surface area contributed by atoms with E-state index in [-0.39, 0.29) is 23.7 Å². The number of carbonyl (C=O) groups excluding carboxylic acids is 1. The van der Waals surface area contributed by atoms with E-state index < -0.39 is 0 Å². The number of aliphatic imine (C=N–C) groups is 1. The van der Waals surface area contributed by atoms with Crippen LogP contribution in [0.25, 0.3) is 5.69 Å². The number of carbonyl (C=O) groups is 1. The van der Waals surface area contributed by atoms with Gasteiger partial charge in [0.25, 0.3) is 5.91 Å². The molecule has 1 saturated carbocycles. The Labute approximate surface area is 126 Å². The quantitative estimate of drug-likeness (QED) is 0.662. The number of hydrogen-bond donors (Lipinski definition) is 2. The van der Waals surface area contributed by atoms with E-state index in [1.54, 1.807) is 10.9 Å². The van der Waals surface area contributed by atoms with Crippen LogP contribution in [0.2, 0.25) is 5.02 Å². The first kappa shape index (κ1) is 13.6. The highest BCUT2D eigenvalue weighted by Crippen LogP contribution is 2.49. The van der Waals surface area contributed by atoms with Gasteiger partial charge >= 0.3 is 0 Å². The van der Waals surface area contributed by atoms with Gasteiger partial charge in [-0.3, -0.25) is 4.79 Å². The Kier molecular flexibility index (Phi) is 3.39. The molecule has 21 heavy (non-hydrogen) atoms. The highest BCUT2D eigenvalue weighted by atomic mass is 35.5. The van der Waals surface area contributed by atoms with E-state index >= 15 is 0 Å². The average Bonchev–Trinajstić information content (AvgIpc) is 3.03. The fourth-order valence-corrected chi connectivity index (χ4v) is 2.65. The highest BCUT2D eigenvalue weighted by molar-refractivity contribution is 6.30. The van der Waals surface area contributed by atoms with Gasteiger partial charge in [0.15, 0.2) is 5.96 Å². The molecule has 2 atom stereocenters. The molecule has 1 aromatic heterocycles. The second-order valence-electron chi connectivity index (χ2n) is 5.02. The van der Waals surface area contributed by atoms with Crippen molar-refractivity contribution in [2.24, 2.45) is 22.4 Å². The van der Waals surface area contributed by atoms with Crippen molar-refractivity contribution in [3.63, 3.8) is 0 Å². The summed E-state index contributed by atoms with van der Waals surface area (Å²) in [6, 6.07) is 7.50. The molecule has 7 heteroatoms. The number of guanidine groups is 1. The molecule has 1 heterocycles. The monoisotopic (exact) mass is 303 g/mol. The third-order valence-corrected chi connectivity index (χ3v) is 3.67. The van der Waals surface area contributed by atoms with E-state index in [1.807, 2.05) is 30.5 Å². The van der Waals surface area contributed by atoms with Gasteiger partial charge in [0.05, 0.1) is 5.69 Å². The van der Waals surface area contributed by atoms with Crippen molar-refractivity contribution in [3.05, 3.63) is 47.2 Å². The molecule has 4 N–H and O–H groups in total. The number of nitrogens with zero attached hydrogens (tertiary/aromatic N) is 3. The van der Waals surface area contributed by atoms with E-state index in [0.29, 0.717) is 5.02 Å². The van der Waals surface area contributed by atoms with Gasteiger partial charge in [-0.05, 0) is 42.2 Å². The average molecular weight is 304 g/mol. The first-order chi connectivity index (χ1) is 10.0. The molecule has 3 rings (SSSR count). The predicted molar refractivity (Wildman–Crippen MR) is 80.2 cm³/mol. The molecule has 108 valence electrons. The molecular formula is C14H14ClN5O. The SMILES string of the molecule is NC(N)=NC(=O)C1CC1c1cc(Cl)cc(-n2cccn2)c1. The number of aromatic nitrogens is 2. The minimum Gasteiger partial charge on any atom is -0.370 e. The van der Waals surface area contributed by atoms with Crippen LogP contribution < -0.4 is 11.5 Å². The summed E-state index contributed by atoms with van der Waals surface area (Å²) in [7, 11) is 0. The summed E-state index contributed by atoms with van der Waals surface area (Å²) in [5.41, 5.74) is 12.3. The maximum Gasteiger partial charge on any atom is 0.252 e. The second kappa shape index (κ2) is 5.21. The lowest BCUT2D eigenvalue weighted by molar-refractivity contribution is -0.119. The molecule has 1 fully saturated rings. The van der Waals surface area contributed by atoms with Crippen LogP contribution in [-0.4, -0.2) is 21.6 Å². The Balaban J connectivity index is 1.85. The van der Waals surface area contributed by atoms with Crippen LogP contribution in [0.3, 0.4) is 0 Å². The van der Waals surface area contributed by atoms with Gasteiger partial charge < -0.3 is 11.5 Å². The van der Waals surface area contributed by atoms with Gasteiger partial charge in [-0.2, -0.15) is 10.1 Å². The molecule has 1 aliphatic carbocycles. The number of nitrogens with two attached hydrogens (primary N) is 2. The van der Waals surface area contributed by atoms with Crippen molar-refractivity contribution >= 4 is 23.5 Å². The molecule has 0 aliphatic heterocycles. The van der Waals surface area contributed by atoms with Crippen molar-refractivity contribution in [2.75, 3.05) is 0 Å². The fourth-order valence-electron chi connectivity index (χ4n) is 2.41. The first-order valence-corrected chi connectivity index (χ1v) is 6.86. The van der Waals surface area contributed by atoms with Crippen LogP contribution in [0, 0.1) is 5.92 Å². The lowest BCUT2D eigenvalue weighted by Gasteiger charge is -2.06. The molecule has 1 aromatic carbocycles. The fraction of sp³-hybridized carbons (Fsp3) is 0.214. The van der Waals surface area contributed by atoms with Gasteiger partial charge in [-0.15, -0.1) is 0 Å². The Morgan fingerprint density at radius 2 is 2.19 bits per heavy atom. The number of rotatable bonds is 3. The minimum absolute atomic E-state index is 0.105. The van der Waals surface area contributed by atoms with Crippen LogP contribution in [0.5, 0.6) is 0 Å². The van der Waals surface area contributed by atoms with E-state index in [9.17, 15) is 4.79 Å². The van der Waals surface area contributed by atoms with Crippen LogP contribution in [0.15, 0.2) is 41.7 Å². The smallest absolute Gasteiger partial charge is 0.252 e. The van der Waals surface area contributed by atoms with Crippen LogP contribution in [0.1, 0.15) is 17.9 Å². The maximum absolute atomic E-state index is 11.8. The molecule has 0 bridgehead atoms. The molecule has 2 aromatic rings. The molecular weight excluding hydrogens is 290 g/mol. The Bertz CT molecular complexity index is 706. The van der Waals surface area contributed by atoms with Crippen LogP contribution in [-0.2, 0) is 4.79 Å². The molecule has 0 saturated heterocycles. The zero-order valence-electron chi connectivity index (χ0n) is 11.1. The van der Waals surface area contributed by atoms with Crippen LogP contribution >= 0.6 is 11.6 Å². The number of hydrogen-bond acceptors (Lipinski definition) is 2. The summed E-state index contributed by atoms with van der Waals surface area (Å²) in [4.78, 5) is 15.4.